The summed E-state index contributed by atoms with van der Waals surface area (Å²) in [6.45, 7) is 4.04. The standard InChI is InChI=1S/C25H32O5/c1-4-6-16-21(26)15-9-8-14-13-10-11-24(18(12-13)23(28)30-3)19(14)20(15)25(16,29)17(7-5-2)22(24)27/h12-14,16-17,19,29H,4-11H2,1-3H3/t13-,14+,16-,17-,19-,24-,25+/m1/s1. The van der Waals surface area contributed by atoms with Crippen LogP contribution in [0.5, 0.6) is 0 Å². The molecule has 0 amide bonds. The molecule has 0 aliphatic heterocycles. The third-order valence-corrected chi connectivity index (χ3v) is 9.03. The maximum absolute atomic E-state index is 14.3. The van der Waals surface area contributed by atoms with Gasteiger partial charge in [-0.05, 0) is 61.5 Å². The quantitative estimate of drug-likeness (QED) is 0.699. The van der Waals surface area contributed by atoms with Crippen molar-refractivity contribution in [1.82, 2.24) is 0 Å². The molecule has 5 heteroatoms. The SMILES string of the molecule is CCC[C@@H]1C(=O)C2=C3[C@H]4[C@@H](CC2)[C@H]2C=C(C(=O)OC)[C@@]4(CC2)C(=O)[C@@H](CCC)[C@]31O. The van der Waals surface area contributed by atoms with E-state index in [1.807, 2.05) is 19.9 Å². The van der Waals surface area contributed by atoms with Crippen LogP contribution in [0.4, 0.5) is 0 Å². The summed E-state index contributed by atoms with van der Waals surface area (Å²) in [5, 5.41) is 12.3. The monoisotopic (exact) mass is 412 g/mol. The molecular formula is C25H32O5. The van der Waals surface area contributed by atoms with Crippen molar-refractivity contribution < 1.29 is 24.2 Å². The molecular weight excluding hydrogens is 380 g/mol. The van der Waals surface area contributed by atoms with Crippen LogP contribution < -0.4 is 0 Å². The van der Waals surface area contributed by atoms with Crippen molar-refractivity contribution >= 4 is 17.5 Å². The van der Waals surface area contributed by atoms with Crippen LogP contribution >= 0.6 is 0 Å². The maximum atomic E-state index is 14.3. The van der Waals surface area contributed by atoms with Crippen LogP contribution in [-0.2, 0) is 19.1 Å². The molecule has 2 fully saturated rings. The summed E-state index contributed by atoms with van der Waals surface area (Å²) in [6.07, 6.45) is 7.75. The Kier molecular flexibility index (Phi) is 4.45. The van der Waals surface area contributed by atoms with Crippen molar-refractivity contribution in [1.29, 1.82) is 0 Å². The van der Waals surface area contributed by atoms with Crippen LogP contribution in [0, 0.1) is 35.0 Å². The van der Waals surface area contributed by atoms with E-state index in [0.717, 1.165) is 36.8 Å². The molecule has 0 aromatic heterocycles. The number of ether oxygens (including phenoxy) is 1. The number of allylic oxidation sites excluding steroid dienone is 2. The van der Waals surface area contributed by atoms with Crippen molar-refractivity contribution in [3.05, 3.63) is 22.8 Å². The second kappa shape index (κ2) is 6.62. The molecule has 6 aliphatic rings. The van der Waals surface area contributed by atoms with Gasteiger partial charge >= 0.3 is 5.97 Å². The van der Waals surface area contributed by atoms with E-state index in [1.165, 1.54) is 7.11 Å². The summed E-state index contributed by atoms with van der Waals surface area (Å²) in [5.74, 6) is -1.33. The fourth-order valence-corrected chi connectivity index (χ4v) is 8.06. The molecule has 2 saturated carbocycles. The topological polar surface area (TPSA) is 80.7 Å². The number of hydrogen-bond acceptors (Lipinski definition) is 5. The van der Waals surface area contributed by atoms with Crippen LogP contribution in [0.1, 0.15) is 65.2 Å². The van der Waals surface area contributed by atoms with Crippen molar-refractivity contribution in [2.45, 2.75) is 70.8 Å². The lowest BCUT2D eigenvalue weighted by molar-refractivity contribution is -0.167. The van der Waals surface area contributed by atoms with Gasteiger partial charge < -0.3 is 9.84 Å². The molecule has 0 radical (unpaired) electrons. The van der Waals surface area contributed by atoms with Crippen molar-refractivity contribution in [2.75, 3.05) is 7.11 Å². The van der Waals surface area contributed by atoms with Crippen molar-refractivity contribution in [3.63, 3.8) is 0 Å². The molecule has 1 spiro atoms. The van der Waals surface area contributed by atoms with Crippen molar-refractivity contribution in [2.24, 2.45) is 35.0 Å². The molecule has 2 bridgehead atoms. The minimum absolute atomic E-state index is 0.0162. The summed E-state index contributed by atoms with van der Waals surface area (Å²) >= 11 is 0. The summed E-state index contributed by atoms with van der Waals surface area (Å²) in [6, 6.07) is 0. The third kappa shape index (κ3) is 2.10. The Morgan fingerprint density at radius 3 is 2.53 bits per heavy atom. The smallest absolute Gasteiger partial charge is 0.334 e. The number of carbonyl (C=O) groups is 3. The van der Waals surface area contributed by atoms with E-state index in [0.29, 0.717) is 31.3 Å². The number of esters is 1. The zero-order valence-corrected chi connectivity index (χ0v) is 18.2. The first-order valence-corrected chi connectivity index (χ1v) is 11.7. The van der Waals surface area contributed by atoms with Crippen LogP contribution in [0.25, 0.3) is 0 Å². The van der Waals surface area contributed by atoms with Gasteiger partial charge in [0.15, 0.2) is 11.6 Å². The molecule has 6 rings (SSSR count). The predicted octanol–water partition coefficient (Wildman–Crippen LogP) is 3.55. The zero-order valence-electron chi connectivity index (χ0n) is 18.2. The van der Waals surface area contributed by atoms with E-state index in [4.69, 9.17) is 4.74 Å². The molecule has 5 nitrogen and oxygen atoms in total. The van der Waals surface area contributed by atoms with Gasteiger partial charge in [0.1, 0.15) is 5.60 Å². The number of ketones is 2. The number of rotatable bonds is 5. The second-order valence-electron chi connectivity index (χ2n) is 10.1. The minimum atomic E-state index is -1.37. The lowest BCUT2D eigenvalue weighted by Crippen LogP contribution is -2.67. The lowest BCUT2D eigenvalue weighted by atomic mass is 9.39. The first-order chi connectivity index (χ1) is 14.4. The predicted molar refractivity (Wildman–Crippen MR) is 110 cm³/mol. The Labute approximate surface area is 177 Å². The summed E-state index contributed by atoms with van der Waals surface area (Å²) in [4.78, 5) is 40.6. The highest BCUT2D eigenvalue weighted by Gasteiger charge is 2.74. The number of fused-ring (bicyclic) bond motifs is 1. The summed E-state index contributed by atoms with van der Waals surface area (Å²) in [5.41, 5.74) is -0.179. The van der Waals surface area contributed by atoms with E-state index in [2.05, 4.69) is 0 Å². The van der Waals surface area contributed by atoms with Crippen molar-refractivity contribution in [3.8, 4) is 0 Å². The summed E-state index contributed by atoms with van der Waals surface area (Å²) in [7, 11) is 1.37. The first kappa shape index (κ1) is 20.2. The average Bonchev–Trinajstić information content (AvgIpc) is 2.99. The van der Waals surface area contributed by atoms with E-state index in [9.17, 15) is 19.5 Å². The van der Waals surface area contributed by atoms with Gasteiger partial charge in [0, 0.05) is 11.5 Å². The minimum Gasteiger partial charge on any atom is -0.466 e. The highest BCUT2D eigenvalue weighted by Crippen LogP contribution is 2.71. The van der Waals surface area contributed by atoms with E-state index >= 15 is 0 Å². The Morgan fingerprint density at radius 2 is 1.87 bits per heavy atom. The van der Waals surface area contributed by atoms with E-state index in [1.54, 1.807) is 0 Å². The number of Topliss-reactive ketones (excluding diaryl/α,β-unsaturated/α-hetero) is 2. The molecule has 0 saturated heterocycles. The van der Waals surface area contributed by atoms with Gasteiger partial charge in [-0.3, -0.25) is 9.59 Å². The molecule has 0 unspecified atom stereocenters. The largest absolute Gasteiger partial charge is 0.466 e. The normalized spacial score (nSPS) is 43.6. The first-order valence-electron chi connectivity index (χ1n) is 11.7. The highest BCUT2D eigenvalue weighted by atomic mass is 16.5. The molecule has 0 aromatic carbocycles. The Hall–Kier alpha value is -1.75. The maximum Gasteiger partial charge on any atom is 0.334 e. The van der Waals surface area contributed by atoms with Crippen LogP contribution in [0.15, 0.2) is 22.8 Å². The van der Waals surface area contributed by atoms with Gasteiger partial charge in [-0.2, -0.15) is 0 Å². The Bertz CT molecular complexity index is 897. The molecule has 6 aliphatic carbocycles. The Balaban J connectivity index is 1.78. The molecule has 162 valence electrons. The highest BCUT2D eigenvalue weighted by molar-refractivity contribution is 6.09. The van der Waals surface area contributed by atoms with Gasteiger partial charge in [-0.15, -0.1) is 0 Å². The number of carbonyl (C=O) groups excluding carboxylic acids is 3. The van der Waals surface area contributed by atoms with E-state index < -0.39 is 28.8 Å². The zero-order chi connectivity index (χ0) is 21.4. The van der Waals surface area contributed by atoms with Crippen LogP contribution in [0.2, 0.25) is 0 Å². The average molecular weight is 413 g/mol. The van der Waals surface area contributed by atoms with Gasteiger partial charge in [0.25, 0.3) is 0 Å². The fourth-order valence-electron chi connectivity index (χ4n) is 8.06. The summed E-state index contributed by atoms with van der Waals surface area (Å²) < 4.78 is 5.12. The lowest BCUT2D eigenvalue weighted by Gasteiger charge is -2.63. The van der Waals surface area contributed by atoms with Gasteiger partial charge in [0.2, 0.25) is 0 Å². The molecule has 1 N–H and O–H groups in total. The molecule has 0 heterocycles. The number of methoxy groups -OCH3 is 1. The van der Waals surface area contributed by atoms with Crippen LogP contribution in [-0.4, -0.2) is 35.4 Å². The molecule has 7 atom stereocenters. The van der Waals surface area contributed by atoms with Gasteiger partial charge in [0.05, 0.1) is 24.4 Å². The number of aliphatic hydroxyl groups is 1. The fraction of sp³-hybridized carbons (Fsp3) is 0.720. The Morgan fingerprint density at radius 1 is 1.17 bits per heavy atom. The van der Waals surface area contributed by atoms with E-state index in [-0.39, 0.29) is 29.3 Å². The van der Waals surface area contributed by atoms with Gasteiger partial charge in [-0.1, -0.05) is 32.8 Å². The third-order valence-electron chi connectivity index (χ3n) is 9.03. The molecule has 0 aromatic rings. The van der Waals surface area contributed by atoms with Crippen LogP contribution in [0.3, 0.4) is 0 Å². The number of hydrogen-bond donors (Lipinski definition) is 1. The second-order valence-corrected chi connectivity index (χ2v) is 10.1. The van der Waals surface area contributed by atoms with Gasteiger partial charge in [-0.25, -0.2) is 4.79 Å². The molecule has 30 heavy (non-hydrogen) atoms.